The molecule has 3 rings (SSSR count). The number of nitrogens with one attached hydrogen (secondary N) is 1. The van der Waals surface area contributed by atoms with Crippen LogP contribution in [0.25, 0.3) is 10.9 Å². The number of pyridine rings is 1. The van der Waals surface area contributed by atoms with Gasteiger partial charge in [0.1, 0.15) is 17.1 Å². The zero-order valence-electron chi connectivity index (χ0n) is 14.2. The van der Waals surface area contributed by atoms with E-state index in [0.29, 0.717) is 10.9 Å². The van der Waals surface area contributed by atoms with E-state index in [1.807, 2.05) is 0 Å². The molecule has 136 valence electrons. The van der Waals surface area contributed by atoms with Crippen molar-refractivity contribution in [3.63, 3.8) is 0 Å². The Hall–Kier alpha value is -3.74. The first kappa shape index (κ1) is 18.1. The van der Waals surface area contributed by atoms with Gasteiger partial charge in [-0.15, -0.1) is 6.58 Å². The Balaban J connectivity index is 2.01. The summed E-state index contributed by atoms with van der Waals surface area (Å²) in [6.45, 7) is 3.78. The fraction of sp³-hybridized carbons (Fsp3) is 0.0500. The van der Waals surface area contributed by atoms with Gasteiger partial charge in [-0.2, -0.15) is 5.10 Å². The third kappa shape index (κ3) is 3.48. The summed E-state index contributed by atoms with van der Waals surface area (Å²) in [4.78, 5) is 25.1. The minimum absolute atomic E-state index is 0.165. The van der Waals surface area contributed by atoms with E-state index in [0.717, 1.165) is 6.21 Å². The number of benzene rings is 2. The molecule has 1 aromatic heterocycles. The summed E-state index contributed by atoms with van der Waals surface area (Å²) in [5.41, 5.74) is 1.68. The minimum Gasteiger partial charge on any atom is -0.506 e. The van der Waals surface area contributed by atoms with Gasteiger partial charge < -0.3 is 9.67 Å². The van der Waals surface area contributed by atoms with Gasteiger partial charge in [-0.25, -0.2) is 9.82 Å². The molecular formula is C20H16FN3O3. The second kappa shape index (κ2) is 7.65. The Labute approximate surface area is 153 Å². The molecule has 0 fully saturated rings. The molecule has 0 bridgehead atoms. The summed E-state index contributed by atoms with van der Waals surface area (Å²) in [7, 11) is 0. The van der Waals surface area contributed by atoms with Crippen LogP contribution in [0.2, 0.25) is 0 Å². The van der Waals surface area contributed by atoms with Crippen LogP contribution in [0.5, 0.6) is 5.75 Å². The first-order valence-corrected chi connectivity index (χ1v) is 8.08. The highest BCUT2D eigenvalue weighted by Gasteiger charge is 2.21. The van der Waals surface area contributed by atoms with Gasteiger partial charge in [0.15, 0.2) is 0 Å². The highest BCUT2D eigenvalue weighted by atomic mass is 19.1. The second-order valence-corrected chi connectivity index (χ2v) is 5.67. The van der Waals surface area contributed by atoms with Crippen molar-refractivity contribution in [2.75, 3.05) is 0 Å². The number of halogens is 1. The van der Waals surface area contributed by atoms with Crippen LogP contribution < -0.4 is 11.0 Å². The van der Waals surface area contributed by atoms with E-state index in [9.17, 15) is 19.1 Å². The smallest absolute Gasteiger partial charge is 0.280 e. The normalized spacial score (nSPS) is 11.0. The lowest BCUT2D eigenvalue weighted by molar-refractivity contribution is 0.0950. The van der Waals surface area contributed by atoms with Gasteiger partial charge >= 0.3 is 0 Å². The van der Waals surface area contributed by atoms with Crippen molar-refractivity contribution in [1.82, 2.24) is 9.99 Å². The zero-order valence-corrected chi connectivity index (χ0v) is 14.2. The van der Waals surface area contributed by atoms with E-state index in [-0.39, 0.29) is 12.1 Å². The predicted octanol–water partition coefficient (Wildman–Crippen LogP) is 2.80. The third-order valence-electron chi connectivity index (χ3n) is 3.96. The van der Waals surface area contributed by atoms with Crippen LogP contribution in [0.1, 0.15) is 15.9 Å². The Morgan fingerprint density at radius 1 is 1.22 bits per heavy atom. The number of aromatic nitrogens is 1. The molecule has 6 nitrogen and oxygen atoms in total. The first-order chi connectivity index (χ1) is 13.0. The number of hydrazone groups is 1. The molecule has 0 radical (unpaired) electrons. The molecule has 0 unspecified atom stereocenters. The predicted molar refractivity (Wildman–Crippen MR) is 102 cm³/mol. The molecule has 0 saturated carbocycles. The summed E-state index contributed by atoms with van der Waals surface area (Å²) in [5, 5.41) is 14.5. The minimum atomic E-state index is -0.895. The van der Waals surface area contributed by atoms with E-state index in [1.165, 1.54) is 28.8 Å². The average Bonchev–Trinajstić information content (AvgIpc) is 2.67. The fourth-order valence-corrected chi connectivity index (χ4v) is 2.70. The van der Waals surface area contributed by atoms with E-state index in [4.69, 9.17) is 0 Å². The number of nitrogens with zero attached hydrogens (tertiary/aromatic N) is 2. The van der Waals surface area contributed by atoms with Crippen LogP contribution in [-0.2, 0) is 6.54 Å². The van der Waals surface area contributed by atoms with Gasteiger partial charge in [0, 0.05) is 17.5 Å². The van der Waals surface area contributed by atoms with Crippen molar-refractivity contribution >= 4 is 23.0 Å². The van der Waals surface area contributed by atoms with Gasteiger partial charge in [-0.05, 0) is 18.2 Å². The Morgan fingerprint density at radius 3 is 2.67 bits per heavy atom. The highest BCUT2D eigenvalue weighted by Crippen LogP contribution is 2.26. The van der Waals surface area contributed by atoms with Gasteiger partial charge in [0.05, 0.1) is 11.7 Å². The second-order valence-electron chi connectivity index (χ2n) is 5.67. The van der Waals surface area contributed by atoms with Crippen LogP contribution in [0.3, 0.4) is 0 Å². The molecule has 27 heavy (non-hydrogen) atoms. The van der Waals surface area contributed by atoms with E-state index in [2.05, 4.69) is 17.1 Å². The Kier molecular flexibility index (Phi) is 5.12. The van der Waals surface area contributed by atoms with Crippen LogP contribution >= 0.6 is 0 Å². The number of hydrogen-bond acceptors (Lipinski definition) is 4. The quantitative estimate of drug-likeness (QED) is 0.414. The van der Waals surface area contributed by atoms with E-state index in [1.54, 1.807) is 30.3 Å². The molecular weight excluding hydrogens is 349 g/mol. The lowest BCUT2D eigenvalue weighted by atomic mass is 10.1. The maximum atomic E-state index is 13.6. The summed E-state index contributed by atoms with van der Waals surface area (Å²) in [6.07, 6.45) is 2.64. The summed E-state index contributed by atoms with van der Waals surface area (Å²) in [5.74, 6) is -1.83. The molecule has 1 heterocycles. The number of amides is 1. The molecule has 0 atom stereocenters. The number of aromatic hydroxyl groups is 1. The van der Waals surface area contributed by atoms with Gasteiger partial charge in [-0.3, -0.25) is 9.59 Å². The summed E-state index contributed by atoms with van der Waals surface area (Å²) >= 11 is 0. The maximum Gasteiger partial charge on any atom is 0.280 e. The van der Waals surface area contributed by atoms with Crippen molar-refractivity contribution in [3.8, 4) is 5.75 Å². The van der Waals surface area contributed by atoms with Crippen LogP contribution in [0, 0.1) is 5.82 Å². The molecule has 0 aliphatic rings. The van der Waals surface area contributed by atoms with Crippen molar-refractivity contribution in [1.29, 1.82) is 0 Å². The Morgan fingerprint density at radius 2 is 1.93 bits per heavy atom. The maximum absolute atomic E-state index is 13.6. The lowest BCUT2D eigenvalue weighted by Gasteiger charge is -2.12. The van der Waals surface area contributed by atoms with E-state index < -0.39 is 28.6 Å². The first-order valence-electron chi connectivity index (χ1n) is 8.08. The molecule has 1 amide bonds. The SMILES string of the molecule is C=CCn1c(=O)c(C(=O)N/N=C/c2ccccc2F)c(O)c2ccccc21. The monoisotopic (exact) mass is 365 g/mol. The molecule has 0 aliphatic heterocycles. The zero-order chi connectivity index (χ0) is 19.4. The van der Waals surface area contributed by atoms with Crippen molar-refractivity contribution in [2.24, 2.45) is 5.10 Å². The molecule has 0 spiro atoms. The van der Waals surface area contributed by atoms with Gasteiger partial charge in [-0.1, -0.05) is 36.4 Å². The molecule has 0 aliphatic carbocycles. The number of hydrogen-bond donors (Lipinski definition) is 2. The highest BCUT2D eigenvalue weighted by molar-refractivity contribution is 6.02. The number of fused-ring (bicyclic) bond motifs is 1. The molecule has 3 aromatic rings. The number of carbonyl (C=O) groups excluding carboxylic acids is 1. The van der Waals surface area contributed by atoms with Crippen LogP contribution in [0.15, 0.2) is 71.1 Å². The van der Waals surface area contributed by atoms with Crippen molar-refractivity contribution < 1.29 is 14.3 Å². The number of rotatable bonds is 5. The molecule has 7 heteroatoms. The molecule has 2 aromatic carbocycles. The largest absolute Gasteiger partial charge is 0.506 e. The number of carbonyl (C=O) groups is 1. The Bertz CT molecular complexity index is 1120. The molecule has 2 N–H and O–H groups in total. The lowest BCUT2D eigenvalue weighted by Crippen LogP contribution is -2.31. The number of allylic oxidation sites excluding steroid dienone is 1. The summed E-state index contributed by atoms with van der Waals surface area (Å²) < 4.78 is 14.9. The van der Waals surface area contributed by atoms with Crippen molar-refractivity contribution in [2.45, 2.75) is 6.54 Å². The van der Waals surface area contributed by atoms with Crippen LogP contribution in [0.4, 0.5) is 4.39 Å². The fourth-order valence-electron chi connectivity index (χ4n) is 2.70. The standard InChI is InChI=1S/C20H16FN3O3/c1-2-11-24-16-10-6-4-8-14(16)18(25)17(20(24)27)19(26)23-22-12-13-7-3-5-9-15(13)21/h2-10,12,25H,1,11H2,(H,23,26)/b22-12+. The average molecular weight is 365 g/mol. The van der Waals surface area contributed by atoms with Gasteiger partial charge in [0.25, 0.3) is 11.5 Å². The van der Waals surface area contributed by atoms with Crippen molar-refractivity contribution in [3.05, 3.63) is 88.5 Å². The topological polar surface area (TPSA) is 83.7 Å². The van der Waals surface area contributed by atoms with Gasteiger partial charge in [0.2, 0.25) is 0 Å². The molecule has 0 saturated heterocycles. The third-order valence-corrected chi connectivity index (χ3v) is 3.96. The van der Waals surface area contributed by atoms with Crippen LogP contribution in [-0.4, -0.2) is 21.8 Å². The van der Waals surface area contributed by atoms with E-state index >= 15 is 0 Å². The number of para-hydroxylation sites is 1. The summed E-state index contributed by atoms with van der Waals surface area (Å²) in [6, 6.07) is 12.6.